The minimum Gasteiger partial charge on any atom is -0.458 e. The minimum atomic E-state index is -0.504. The molecule has 1 aromatic rings. The molecule has 0 saturated carbocycles. The van der Waals surface area contributed by atoms with Crippen molar-refractivity contribution in [1.82, 2.24) is 0 Å². The molecule has 0 amide bonds. The van der Waals surface area contributed by atoms with E-state index in [-0.39, 0.29) is 17.3 Å². The maximum atomic E-state index is 11.6. The van der Waals surface area contributed by atoms with Crippen LogP contribution in [0.4, 0.5) is 0 Å². The van der Waals surface area contributed by atoms with Gasteiger partial charge in [-0.15, -0.1) is 0 Å². The number of carbonyl (C=O) groups excluding carboxylic acids is 1. The van der Waals surface area contributed by atoms with Crippen molar-refractivity contribution >= 4 is 17.7 Å². The first-order valence-corrected chi connectivity index (χ1v) is 9.13. The molecule has 0 radical (unpaired) electrons. The standard InChI is InChI=1S/C17H22O6S/c1-10(18)21-14-13-12(22-17(19-2)15(14)24-3)9-20-16(23-13)11-7-5-4-6-8-11/h4-8,12-17H,9H2,1-3H3/t12-,13-,14+,15+,16-,17+/m1/s1. The Hall–Kier alpha value is -1.12. The van der Waals surface area contributed by atoms with Crippen LogP contribution in [0.1, 0.15) is 18.8 Å². The van der Waals surface area contributed by atoms with Gasteiger partial charge < -0.3 is 23.7 Å². The Balaban J connectivity index is 1.83. The summed E-state index contributed by atoms with van der Waals surface area (Å²) in [4.78, 5) is 11.6. The molecule has 24 heavy (non-hydrogen) atoms. The molecule has 2 saturated heterocycles. The molecular formula is C17H22O6S. The number of hydrogen-bond acceptors (Lipinski definition) is 7. The number of fused-ring (bicyclic) bond motifs is 1. The van der Waals surface area contributed by atoms with E-state index in [1.165, 1.54) is 18.7 Å². The summed E-state index contributed by atoms with van der Waals surface area (Å²) < 4.78 is 28.9. The summed E-state index contributed by atoms with van der Waals surface area (Å²) in [6.07, 6.45) is -0.261. The average molecular weight is 354 g/mol. The fraction of sp³-hybridized carbons (Fsp3) is 0.588. The van der Waals surface area contributed by atoms with Gasteiger partial charge in [0.15, 0.2) is 12.6 Å². The van der Waals surface area contributed by atoms with Gasteiger partial charge in [-0.05, 0) is 6.26 Å². The van der Waals surface area contributed by atoms with E-state index < -0.39 is 24.8 Å². The molecule has 0 aromatic heterocycles. The van der Waals surface area contributed by atoms with Crippen LogP contribution in [0.3, 0.4) is 0 Å². The van der Waals surface area contributed by atoms with Crippen molar-refractivity contribution in [3.63, 3.8) is 0 Å². The number of thioether (sulfide) groups is 1. The van der Waals surface area contributed by atoms with E-state index in [1.807, 2.05) is 36.6 Å². The van der Waals surface area contributed by atoms with Crippen LogP contribution in [-0.4, -0.2) is 55.8 Å². The van der Waals surface area contributed by atoms with E-state index in [0.29, 0.717) is 6.61 Å². The fourth-order valence-electron chi connectivity index (χ4n) is 3.09. The number of ether oxygens (including phenoxy) is 5. The average Bonchev–Trinajstić information content (AvgIpc) is 2.61. The van der Waals surface area contributed by atoms with Crippen LogP contribution in [-0.2, 0) is 28.5 Å². The minimum absolute atomic E-state index is 0.172. The number of esters is 1. The SMILES string of the molecule is CO[C@H]1O[C@@H]2CO[C@@H](c3ccccc3)O[C@H]2[C@H](OC(C)=O)[C@@H]1SC. The molecule has 6 atom stereocenters. The summed E-state index contributed by atoms with van der Waals surface area (Å²) in [5, 5.41) is -0.172. The molecular weight excluding hydrogens is 332 g/mol. The van der Waals surface area contributed by atoms with Crippen LogP contribution in [0.2, 0.25) is 0 Å². The van der Waals surface area contributed by atoms with Crippen molar-refractivity contribution in [2.75, 3.05) is 20.0 Å². The van der Waals surface area contributed by atoms with Gasteiger partial charge in [-0.1, -0.05) is 30.3 Å². The monoisotopic (exact) mass is 354 g/mol. The molecule has 2 heterocycles. The smallest absolute Gasteiger partial charge is 0.303 e. The number of benzene rings is 1. The second-order valence-electron chi connectivity index (χ2n) is 5.73. The Bertz CT molecular complexity index is 553. The highest BCUT2D eigenvalue weighted by molar-refractivity contribution is 7.99. The number of methoxy groups -OCH3 is 1. The van der Waals surface area contributed by atoms with Gasteiger partial charge in [0.1, 0.15) is 18.3 Å². The van der Waals surface area contributed by atoms with Gasteiger partial charge >= 0.3 is 5.97 Å². The molecule has 1 aromatic carbocycles. The predicted octanol–water partition coefficient (Wildman–Crippen LogP) is 2.14. The zero-order chi connectivity index (χ0) is 17.1. The molecule has 6 nitrogen and oxygen atoms in total. The normalized spacial score (nSPS) is 36.0. The van der Waals surface area contributed by atoms with Gasteiger partial charge in [0.05, 0.1) is 11.9 Å². The van der Waals surface area contributed by atoms with Crippen LogP contribution in [0, 0.1) is 0 Å². The largest absolute Gasteiger partial charge is 0.458 e. The third-order valence-electron chi connectivity index (χ3n) is 4.16. The molecule has 0 bridgehead atoms. The third-order valence-corrected chi connectivity index (χ3v) is 5.20. The Morgan fingerprint density at radius 3 is 2.62 bits per heavy atom. The van der Waals surface area contributed by atoms with Crippen molar-refractivity contribution in [3.05, 3.63) is 35.9 Å². The van der Waals surface area contributed by atoms with Gasteiger partial charge in [0.2, 0.25) is 0 Å². The van der Waals surface area contributed by atoms with Gasteiger partial charge in [-0.2, -0.15) is 11.8 Å². The summed E-state index contributed by atoms with van der Waals surface area (Å²) in [5.74, 6) is -0.346. The summed E-state index contributed by atoms with van der Waals surface area (Å²) in [5.41, 5.74) is 0.923. The zero-order valence-electron chi connectivity index (χ0n) is 13.9. The maximum Gasteiger partial charge on any atom is 0.303 e. The zero-order valence-corrected chi connectivity index (χ0v) is 14.7. The molecule has 7 heteroatoms. The Morgan fingerprint density at radius 2 is 2.00 bits per heavy atom. The van der Waals surface area contributed by atoms with Crippen LogP contribution in [0.5, 0.6) is 0 Å². The number of rotatable bonds is 4. The van der Waals surface area contributed by atoms with Crippen molar-refractivity contribution in [3.8, 4) is 0 Å². The highest BCUT2D eigenvalue weighted by atomic mass is 32.2. The molecule has 2 aliphatic heterocycles. The van der Waals surface area contributed by atoms with E-state index in [2.05, 4.69) is 0 Å². The first kappa shape index (κ1) is 17.7. The number of hydrogen-bond donors (Lipinski definition) is 0. The molecule has 0 unspecified atom stereocenters. The molecule has 2 fully saturated rings. The number of carbonyl (C=O) groups is 1. The highest BCUT2D eigenvalue weighted by Gasteiger charge is 2.51. The van der Waals surface area contributed by atoms with Crippen molar-refractivity contribution < 1.29 is 28.5 Å². The lowest BCUT2D eigenvalue weighted by atomic mass is 9.99. The maximum absolute atomic E-state index is 11.6. The summed E-state index contributed by atoms with van der Waals surface area (Å²) in [6.45, 7) is 1.75. The van der Waals surface area contributed by atoms with E-state index in [1.54, 1.807) is 7.11 Å². The summed E-state index contributed by atoms with van der Waals surface area (Å²) in [6, 6.07) is 9.69. The van der Waals surface area contributed by atoms with Crippen LogP contribution in [0.15, 0.2) is 30.3 Å². The molecule has 2 aliphatic rings. The highest BCUT2D eigenvalue weighted by Crippen LogP contribution is 2.38. The lowest BCUT2D eigenvalue weighted by Crippen LogP contribution is -2.62. The topological polar surface area (TPSA) is 63.2 Å². The van der Waals surface area contributed by atoms with E-state index >= 15 is 0 Å². The lowest BCUT2D eigenvalue weighted by molar-refractivity contribution is -0.332. The second-order valence-corrected chi connectivity index (χ2v) is 6.75. The van der Waals surface area contributed by atoms with Gasteiger partial charge in [0, 0.05) is 19.6 Å². The Kier molecular flexibility index (Phi) is 5.78. The lowest BCUT2D eigenvalue weighted by Gasteiger charge is -2.48. The van der Waals surface area contributed by atoms with Gasteiger partial charge in [0.25, 0.3) is 0 Å². The van der Waals surface area contributed by atoms with E-state index in [0.717, 1.165) is 5.56 Å². The van der Waals surface area contributed by atoms with Crippen molar-refractivity contribution in [2.24, 2.45) is 0 Å². The molecule has 0 aliphatic carbocycles. The Labute approximate surface area is 145 Å². The molecule has 0 spiro atoms. The first-order valence-electron chi connectivity index (χ1n) is 7.84. The van der Waals surface area contributed by atoms with Gasteiger partial charge in [-0.3, -0.25) is 4.79 Å². The predicted molar refractivity (Wildman–Crippen MR) is 88.5 cm³/mol. The van der Waals surface area contributed by atoms with Crippen molar-refractivity contribution in [2.45, 2.75) is 43.1 Å². The van der Waals surface area contributed by atoms with Crippen LogP contribution < -0.4 is 0 Å². The molecule has 0 N–H and O–H groups in total. The fourth-order valence-corrected chi connectivity index (χ4v) is 3.97. The molecule has 3 rings (SSSR count). The Morgan fingerprint density at radius 1 is 1.25 bits per heavy atom. The third kappa shape index (κ3) is 3.60. The first-order chi connectivity index (χ1) is 11.6. The summed E-state index contributed by atoms with van der Waals surface area (Å²) in [7, 11) is 1.58. The second kappa shape index (κ2) is 7.84. The molecule has 132 valence electrons. The van der Waals surface area contributed by atoms with Crippen LogP contribution >= 0.6 is 11.8 Å². The van der Waals surface area contributed by atoms with E-state index in [4.69, 9.17) is 23.7 Å². The van der Waals surface area contributed by atoms with E-state index in [9.17, 15) is 4.79 Å². The summed E-state index contributed by atoms with van der Waals surface area (Å²) >= 11 is 1.53. The van der Waals surface area contributed by atoms with Crippen molar-refractivity contribution in [1.29, 1.82) is 0 Å². The van der Waals surface area contributed by atoms with Gasteiger partial charge in [-0.25, -0.2) is 0 Å². The van der Waals surface area contributed by atoms with Crippen LogP contribution in [0.25, 0.3) is 0 Å². The quantitative estimate of drug-likeness (QED) is 0.768.